The third-order valence-electron chi connectivity index (χ3n) is 4.68. The van der Waals surface area contributed by atoms with E-state index in [0.717, 1.165) is 16.8 Å². The minimum absolute atomic E-state index is 0.101. The number of benzene rings is 3. The molecule has 0 bridgehead atoms. The van der Waals surface area contributed by atoms with Gasteiger partial charge in [-0.1, -0.05) is 60.2 Å². The Hall–Kier alpha value is -3.99. The Bertz CT molecular complexity index is 1120. The normalized spacial score (nSPS) is 10.4. The molecule has 0 atom stereocenters. The molecule has 4 aromatic rings. The molecular formula is C25H22N4O. The van der Waals surface area contributed by atoms with E-state index in [9.17, 15) is 4.79 Å². The van der Waals surface area contributed by atoms with Gasteiger partial charge in [0.05, 0.1) is 0 Å². The van der Waals surface area contributed by atoms with E-state index in [1.807, 2.05) is 79.7 Å². The van der Waals surface area contributed by atoms with E-state index in [2.05, 4.69) is 20.6 Å². The van der Waals surface area contributed by atoms with E-state index in [1.165, 1.54) is 5.56 Å². The van der Waals surface area contributed by atoms with Crippen molar-refractivity contribution in [3.05, 3.63) is 108 Å². The van der Waals surface area contributed by atoms with Gasteiger partial charge in [-0.3, -0.25) is 4.79 Å². The summed E-state index contributed by atoms with van der Waals surface area (Å²) in [6.07, 6.45) is 1.73. The number of nitrogens with one attached hydrogen (secondary N) is 2. The molecule has 1 heterocycles. The topological polar surface area (TPSA) is 66.9 Å². The van der Waals surface area contributed by atoms with Crippen molar-refractivity contribution < 1.29 is 4.79 Å². The molecule has 0 radical (unpaired) electrons. The molecule has 0 spiro atoms. The number of carbonyl (C=O) groups is 1. The highest BCUT2D eigenvalue weighted by Gasteiger charge is 2.07. The van der Waals surface area contributed by atoms with Crippen LogP contribution in [-0.4, -0.2) is 15.9 Å². The summed E-state index contributed by atoms with van der Waals surface area (Å²) in [5.41, 5.74) is 4.70. The Kier molecular flexibility index (Phi) is 5.80. The fourth-order valence-corrected chi connectivity index (χ4v) is 3.00. The molecule has 5 heteroatoms. The van der Waals surface area contributed by atoms with E-state index in [4.69, 9.17) is 0 Å². The van der Waals surface area contributed by atoms with Crippen LogP contribution in [0.3, 0.4) is 0 Å². The monoisotopic (exact) mass is 394 g/mol. The Balaban J connectivity index is 1.39. The summed E-state index contributed by atoms with van der Waals surface area (Å²) in [5, 5.41) is 6.21. The highest BCUT2D eigenvalue weighted by Crippen LogP contribution is 2.19. The molecule has 0 aliphatic heterocycles. The summed E-state index contributed by atoms with van der Waals surface area (Å²) in [4.78, 5) is 21.3. The number of hydrogen-bond donors (Lipinski definition) is 2. The molecule has 0 aliphatic rings. The molecule has 4 rings (SSSR count). The van der Waals surface area contributed by atoms with Crippen molar-refractivity contribution in [2.24, 2.45) is 0 Å². The largest absolute Gasteiger partial charge is 0.348 e. The second-order valence-electron chi connectivity index (χ2n) is 7.00. The number of aryl methyl sites for hydroxylation is 1. The first-order valence-electron chi connectivity index (χ1n) is 9.77. The fraction of sp³-hybridized carbons (Fsp3) is 0.0800. The zero-order valence-corrected chi connectivity index (χ0v) is 16.7. The molecule has 0 aliphatic carbocycles. The number of rotatable bonds is 6. The van der Waals surface area contributed by atoms with Gasteiger partial charge in [0.15, 0.2) is 5.82 Å². The van der Waals surface area contributed by atoms with Crippen LogP contribution in [0.15, 0.2) is 91.1 Å². The van der Waals surface area contributed by atoms with Crippen LogP contribution in [0, 0.1) is 6.92 Å². The van der Waals surface area contributed by atoms with Gasteiger partial charge in [0.2, 0.25) is 0 Å². The molecular weight excluding hydrogens is 372 g/mol. The summed E-state index contributed by atoms with van der Waals surface area (Å²) in [6.45, 7) is 2.55. The van der Waals surface area contributed by atoms with Crippen LogP contribution in [0.4, 0.5) is 11.5 Å². The molecule has 148 valence electrons. The zero-order valence-electron chi connectivity index (χ0n) is 16.7. The molecule has 0 saturated heterocycles. The van der Waals surface area contributed by atoms with E-state index in [-0.39, 0.29) is 5.91 Å². The Morgan fingerprint density at radius 1 is 0.867 bits per heavy atom. The fourth-order valence-electron chi connectivity index (χ4n) is 3.00. The molecule has 0 unspecified atom stereocenters. The van der Waals surface area contributed by atoms with Crippen LogP contribution < -0.4 is 10.6 Å². The second kappa shape index (κ2) is 9.01. The summed E-state index contributed by atoms with van der Waals surface area (Å²) in [6, 6.07) is 27.1. The number of carbonyl (C=O) groups excluding carboxylic acids is 1. The van der Waals surface area contributed by atoms with E-state index in [1.54, 1.807) is 18.3 Å². The zero-order chi connectivity index (χ0) is 20.8. The summed E-state index contributed by atoms with van der Waals surface area (Å²) in [7, 11) is 0. The smallest absolute Gasteiger partial charge is 0.251 e. The maximum atomic E-state index is 12.4. The quantitative estimate of drug-likeness (QED) is 0.476. The van der Waals surface area contributed by atoms with Crippen LogP contribution in [0.1, 0.15) is 21.5 Å². The number of nitrogens with zero attached hydrogens (tertiary/aromatic N) is 2. The van der Waals surface area contributed by atoms with Gasteiger partial charge in [0, 0.05) is 29.6 Å². The van der Waals surface area contributed by atoms with E-state index >= 15 is 0 Å². The molecule has 2 N–H and O–H groups in total. The van der Waals surface area contributed by atoms with Crippen molar-refractivity contribution >= 4 is 17.4 Å². The van der Waals surface area contributed by atoms with E-state index in [0.29, 0.717) is 23.8 Å². The predicted molar refractivity (Wildman–Crippen MR) is 120 cm³/mol. The first-order chi connectivity index (χ1) is 14.7. The van der Waals surface area contributed by atoms with Crippen LogP contribution in [0.2, 0.25) is 0 Å². The minimum Gasteiger partial charge on any atom is -0.348 e. The van der Waals surface area contributed by atoms with Gasteiger partial charge in [-0.25, -0.2) is 9.97 Å². The Morgan fingerprint density at radius 2 is 1.60 bits per heavy atom. The van der Waals surface area contributed by atoms with Crippen LogP contribution in [0.25, 0.3) is 11.4 Å². The lowest BCUT2D eigenvalue weighted by Gasteiger charge is -2.09. The molecule has 30 heavy (non-hydrogen) atoms. The standard InChI is InChI=1S/C25H22N4O/c1-18-7-9-19(10-8-18)17-27-25(30)21-11-13-22(14-12-21)28-23-15-16-26-24(29-23)20-5-3-2-4-6-20/h2-16H,17H2,1H3,(H,27,30)(H,26,28,29). The lowest BCUT2D eigenvalue weighted by Crippen LogP contribution is -2.22. The van der Waals surface area contributed by atoms with Crippen molar-refractivity contribution in [2.75, 3.05) is 5.32 Å². The highest BCUT2D eigenvalue weighted by atomic mass is 16.1. The van der Waals surface area contributed by atoms with Gasteiger partial charge in [-0.15, -0.1) is 0 Å². The highest BCUT2D eigenvalue weighted by molar-refractivity contribution is 5.94. The lowest BCUT2D eigenvalue weighted by molar-refractivity contribution is 0.0951. The minimum atomic E-state index is -0.101. The molecule has 0 fully saturated rings. The maximum Gasteiger partial charge on any atom is 0.251 e. The number of hydrogen-bond acceptors (Lipinski definition) is 4. The average molecular weight is 394 g/mol. The van der Waals surface area contributed by atoms with Crippen molar-refractivity contribution in [1.29, 1.82) is 0 Å². The first-order valence-corrected chi connectivity index (χ1v) is 9.77. The van der Waals surface area contributed by atoms with Crippen LogP contribution in [-0.2, 0) is 6.54 Å². The van der Waals surface area contributed by atoms with Gasteiger partial charge < -0.3 is 10.6 Å². The lowest BCUT2D eigenvalue weighted by atomic mass is 10.1. The van der Waals surface area contributed by atoms with Crippen LogP contribution >= 0.6 is 0 Å². The first kappa shape index (κ1) is 19.3. The van der Waals surface area contributed by atoms with Crippen molar-refractivity contribution in [1.82, 2.24) is 15.3 Å². The van der Waals surface area contributed by atoms with Crippen LogP contribution in [0.5, 0.6) is 0 Å². The summed E-state index contributed by atoms with van der Waals surface area (Å²) < 4.78 is 0. The molecule has 1 amide bonds. The van der Waals surface area contributed by atoms with Gasteiger partial charge in [0.1, 0.15) is 5.82 Å². The third kappa shape index (κ3) is 4.89. The summed E-state index contributed by atoms with van der Waals surface area (Å²) in [5.74, 6) is 1.25. The Morgan fingerprint density at radius 3 is 2.33 bits per heavy atom. The molecule has 5 nitrogen and oxygen atoms in total. The van der Waals surface area contributed by atoms with Gasteiger partial charge >= 0.3 is 0 Å². The van der Waals surface area contributed by atoms with Crippen molar-refractivity contribution in [3.63, 3.8) is 0 Å². The second-order valence-corrected chi connectivity index (χ2v) is 7.00. The van der Waals surface area contributed by atoms with Gasteiger partial charge in [-0.2, -0.15) is 0 Å². The molecule has 0 saturated carbocycles. The summed E-state index contributed by atoms with van der Waals surface area (Å²) >= 11 is 0. The van der Waals surface area contributed by atoms with Crippen molar-refractivity contribution in [3.8, 4) is 11.4 Å². The van der Waals surface area contributed by atoms with Gasteiger partial charge in [-0.05, 0) is 42.8 Å². The number of amides is 1. The third-order valence-corrected chi connectivity index (χ3v) is 4.68. The average Bonchev–Trinajstić information content (AvgIpc) is 2.80. The molecule has 1 aromatic heterocycles. The number of aromatic nitrogens is 2. The van der Waals surface area contributed by atoms with E-state index < -0.39 is 0 Å². The molecule has 3 aromatic carbocycles. The SMILES string of the molecule is Cc1ccc(CNC(=O)c2ccc(Nc3ccnc(-c4ccccc4)n3)cc2)cc1. The van der Waals surface area contributed by atoms with Gasteiger partial charge in [0.25, 0.3) is 5.91 Å². The maximum absolute atomic E-state index is 12.4. The predicted octanol–water partition coefficient (Wildman–Crippen LogP) is 5.13. The van der Waals surface area contributed by atoms with Crippen molar-refractivity contribution in [2.45, 2.75) is 13.5 Å². The Labute approximate surface area is 175 Å². The number of anilines is 2.